The summed E-state index contributed by atoms with van der Waals surface area (Å²) in [6.45, 7) is 0.900. The van der Waals surface area contributed by atoms with Crippen LogP contribution in [-0.2, 0) is 27.3 Å². The van der Waals surface area contributed by atoms with Crippen molar-refractivity contribution in [1.82, 2.24) is 19.6 Å². The highest BCUT2D eigenvalue weighted by Gasteiger charge is 2.38. The molecule has 2 aromatic heterocycles. The molecule has 2 N–H and O–H groups in total. The second-order valence-corrected chi connectivity index (χ2v) is 8.22. The van der Waals surface area contributed by atoms with E-state index in [1.807, 2.05) is 11.4 Å². The number of amides is 1. The van der Waals surface area contributed by atoms with Crippen molar-refractivity contribution >= 4 is 23.1 Å². The largest absolute Gasteiger partial charge is 0.471 e. The molecule has 1 amide bonds. The van der Waals surface area contributed by atoms with Crippen LogP contribution in [0.15, 0.2) is 39.7 Å². The zero-order valence-electron chi connectivity index (χ0n) is 19.2. The fourth-order valence-corrected chi connectivity index (χ4v) is 4.20. The zero-order chi connectivity index (χ0) is 26.0. The molecule has 0 saturated heterocycles. The Hall–Kier alpha value is -4.03. The number of carbonyl (C=O) groups excluding carboxylic acids is 2. The van der Waals surface area contributed by atoms with Gasteiger partial charge >= 0.3 is 29.2 Å². The molecule has 10 nitrogen and oxygen atoms in total. The molecular weight excluding hydrogens is 485 g/mol. The molecule has 0 atom stereocenters. The maximum Gasteiger partial charge on any atom is 0.471 e. The van der Waals surface area contributed by atoms with Crippen LogP contribution in [0.4, 0.5) is 13.2 Å². The maximum absolute atomic E-state index is 12.6. The molecule has 0 spiro atoms. The van der Waals surface area contributed by atoms with Crippen LogP contribution in [-0.4, -0.2) is 45.5 Å². The van der Waals surface area contributed by atoms with E-state index in [4.69, 9.17) is 9.57 Å². The number of aromatic amines is 1. The number of aryl methyl sites for hydroxylation is 1. The van der Waals surface area contributed by atoms with Crippen LogP contribution in [0.2, 0.25) is 0 Å². The summed E-state index contributed by atoms with van der Waals surface area (Å²) in [6, 6.07) is 1.59. The minimum atomic E-state index is -4.96. The normalized spacial score (nSPS) is 15.1. The molecule has 192 valence electrons. The third kappa shape index (κ3) is 5.14. The lowest BCUT2D eigenvalue weighted by molar-refractivity contribution is -0.173. The molecular formula is C23H23F3N4O6. The third-order valence-corrected chi connectivity index (χ3v) is 5.85. The number of carbonyl (C=O) groups is 2. The van der Waals surface area contributed by atoms with Gasteiger partial charge in [0.05, 0.1) is 6.61 Å². The van der Waals surface area contributed by atoms with E-state index >= 15 is 0 Å². The molecule has 4 rings (SSSR count). The molecule has 0 bridgehead atoms. The van der Waals surface area contributed by atoms with Crippen LogP contribution >= 0.6 is 0 Å². The molecule has 0 unspecified atom stereocenters. The highest BCUT2D eigenvalue weighted by molar-refractivity contribution is 5.84. The lowest BCUT2D eigenvalue weighted by Gasteiger charge is -2.28. The predicted molar refractivity (Wildman–Crippen MR) is 120 cm³/mol. The van der Waals surface area contributed by atoms with Crippen LogP contribution in [0.1, 0.15) is 43.1 Å². The van der Waals surface area contributed by atoms with Gasteiger partial charge < -0.3 is 24.4 Å². The number of aromatic nitrogens is 3. The van der Waals surface area contributed by atoms with Gasteiger partial charge in [0.2, 0.25) is 6.61 Å². The number of hydrogen-bond acceptors (Lipinski definition) is 6. The number of esters is 1. The average molecular weight is 508 g/mol. The first kappa shape index (κ1) is 25.1. The average Bonchev–Trinajstić information content (AvgIpc) is 3.31. The van der Waals surface area contributed by atoms with Gasteiger partial charge in [-0.15, -0.1) is 4.73 Å². The lowest BCUT2D eigenvalue weighted by Crippen LogP contribution is -2.44. The van der Waals surface area contributed by atoms with Crippen molar-refractivity contribution in [2.24, 2.45) is 0 Å². The first-order valence-corrected chi connectivity index (χ1v) is 11.2. The van der Waals surface area contributed by atoms with Crippen molar-refractivity contribution in [3.63, 3.8) is 0 Å². The Balaban J connectivity index is 1.64. The molecule has 2 aromatic rings. The van der Waals surface area contributed by atoms with E-state index in [-0.39, 0.29) is 13.2 Å². The van der Waals surface area contributed by atoms with Crippen LogP contribution in [0.3, 0.4) is 0 Å². The Labute approximate surface area is 202 Å². The van der Waals surface area contributed by atoms with Crippen molar-refractivity contribution < 1.29 is 32.3 Å². The highest BCUT2D eigenvalue weighted by atomic mass is 19.4. The molecule has 36 heavy (non-hydrogen) atoms. The van der Waals surface area contributed by atoms with Gasteiger partial charge in [-0.1, -0.05) is 5.57 Å². The monoisotopic (exact) mass is 508 g/mol. The molecule has 0 saturated carbocycles. The number of fused-ring (bicyclic) bond motifs is 2. The Morgan fingerprint density at radius 3 is 2.64 bits per heavy atom. The summed E-state index contributed by atoms with van der Waals surface area (Å²) in [7, 11) is 0. The standard InChI is InChI=1S/C23H23F3N4O6/c1-2-35-18(31)12-36-30-19-16-9-15(5-3-14(16)4-6-17(19)28-20(32)21(30)33)29-8-7-13(11-29)10-27-22(34)23(24,25)26/h7-9,11H,2-6,10,12H2,1H3,(H,27,34)(H,28,32). The first-order valence-electron chi connectivity index (χ1n) is 11.2. The summed E-state index contributed by atoms with van der Waals surface area (Å²) in [4.78, 5) is 55.7. The topological polar surface area (TPSA) is 124 Å². The number of ether oxygens (including phenoxy) is 1. The van der Waals surface area contributed by atoms with Gasteiger partial charge in [0.25, 0.3) is 0 Å². The van der Waals surface area contributed by atoms with E-state index < -0.39 is 35.8 Å². The van der Waals surface area contributed by atoms with Gasteiger partial charge in [-0.05, 0) is 50.3 Å². The summed E-state index contributed by atoms with van der Waals surface area (Å²) >= 11 is 0. The molecule has 0 aliphatic heterocycles. The predicted octanol–water partition coefficient (Wildman–Crippen LogP) is 1.54. The Bertz CT molecular complexity index is 1380. The van der Waals surface area contributed by atoms with E-state index in [1.165, 1.54) is 0 Å². The second kappa shape index (κ2) is 9.91. The van der Waals surface area contributed by atoms with Crippen LogP contribution in [0.5, 0.6) is 0 Å². The van der Waals surface area contributed by atoms with Gasteiger partial charge in [0, 0.05) is 35.9 Å². The molecule has 2 heterocycles. The number of nitrogens with one attached hydrogen (secondary N) is 2. The molecule has 13 heteroatoms. The van der Waals surface area contributed by atoms with Crippen molar-refractivity contribution in [3.8, 4) is 0 Å². The quantitative estimate of drug-likeness (QED) is 0.432. The van der Waals surface area contributed by atoms with Gasteiger partial charge in [0.15, 0.2) is 0 Å². The number of halogens is 3. The number of nitrogens with zero attached hydrogens (tertiary/aromatic N) is 2. The van der Waals surface area contributed by atoms with E-state index in [0.717, 1.165) is 16.0 Å². The molecule has 0 aromatic carbocycles. The summed E-state index contributed by atoms with van der Waals surface area (Å²) in [5.41, 5.74) is 1.93. The van der Waals surface area contributed by atoms with Crippen molar-refractivity contribution in [1.29, 1.82) is 0 Å². The SMILES string of the molecule is CCOC(=O)COn1c2c([nH]c(=O)c1=O)CCC1=C2C=C(n2ccc(CNC(=O)C(F)(F)F)c2)CC1. The summed E-state index contributed by atoms with van der Waals surface area (Å²) < 4.78 is 44.7. The first-order chi connectivity index (χ1) is 17.1. The lowest BCUT2D eigenvalue weighted by atomic mass is 9.85. The highest BCUT2D eigenvalue weighted by Crippen LogP contribution is 2.38. The van der Waals surface area contributed by atoms with Gasteiger partial charge in [-0.3, -0.25) is 14.4 Å². The molecule has 2 aliphatic carbocycles. The van der Waals surface area contributed by atoms with Crippen molar-refractivity contribution in [3.05, 3.63) is 67.8 Å². The smallest absolute Gasteiger partial charge is 0.463 e. The van der Waals surface area contributed by atoms with Gasteiger partial charge in [-0.2, -0.15) is 13.2 Å². The number of H-pyrrole nitrogens is 1. The Kier molecular flexibility index (Phi) is 6.91. The Morgan fingerprint density at radius 1 is 1.17 bits per heavy atom. The number of alkyl halides is 3. The Morgan fingerprint density at radius 2 is 1.92 bits per heavy atom. The fourth-order valence-electron chi connectivity index (χ4n) is 4.20. The van der Waals surface area contributed by atoms with E-state index in [0.29, 0.717) is 48.2 Å². The maximum atomic E-state index is 12.6. The summed E-state index contributed by atoms with van der Waals surface area (Å²) in [5.74, 6) is -2.71. The minimum Gasteiger partial charge on any atom is -0.463 e. The second-order valence-electron chi connectivity index (χ2n) is 8.22. The minimum absolute atomic E-state index is 0.130. The molecule has 0 radical (unpaired) electrons. The summed E-state index contributed by atoms with van der Waals surface area (Å²) in [5, 5.41) is 1.83. The van der Waals surface area contributed by atoms with Crippen molar-refractivity contribution in [2.75, 3.05) is 13.2 Å². The van der Waals surface area contributed by atoms with Crippen LogP contribution in [0, 0.1) is 0 Å². The number of rotatable bonds is 7. The number of allylic oxidation sites excluding steroid dienone is 4. The molecule has 2 aliphatic rings. The van der Waals surface area contributed by atoms with Crippen LogP contribution in [0.25, 0.3) is 11.3 Å². The van der Waals surface area contributed by atoms with E-state index in [1.54, 1.807) is 30.0 Å². The van der Waals surface area contributed by atoms with Gasteiger partial charge in [-0.25, -0.2) is 4.79 Å². The van der Waals surface area contributed by atoms with E-state index in [9.17, 15) is 32.3 Å². The summed E-state index contributed by atoms with van der Waals surface area (Å²) in [6.07, 6.45) is 2.51. The van der Waals surface area contributed by atoms with Gasteiger partial charge in [0.1, 0.15) is 5.69 Å². The van der Waals surface area contributed by atoms with E-state index in [2.05, 4.69) is 4.98 Å². The van der Waals surface area contributed by atoms with Crippen LogP contribution < -0.4 is 21.3 Å². The molecule has 0 fully saturated rings. The fraction of sp³-hybridized carbons (Fsp3) is 0.391. The zero-order valence-corrected chi connectivity index (χ0v) is 19.2. The third-order valence-electron chi connectivity index (χ3n) is 5.85. The number of hydrogen-bond donors (Lipinski definition) is 2. The van der Waals surface area contributed by atoms with Crippen molar-refractivity contribution in [2.45, 2.75) is 45.3 Å².